The predicted octanol–water partition coefficient (Wildman–Crippen LogP) is 2.30. The third-order valence-corrected chi connectivity index (χ3v) is 6.01. The van der Waals surface area contributed by atoms with E-state index in [1.54, 1.807) is 24.5 Å². The van der Waals surface area contributed by atoms with E-state index in [1.165, 1.54) is 17.0 Å². The van der Waals surface area contributed by atoms with Crippen LogP contribution in [0.3, 0.4) is 0 Å². The SMILES string of the molecule is O=C1N[C@@](Cc2ccc(F)cc2)(C2CCNCC2)C(=O)N1CCc1ccncc1. The van der Waals surface area contributed by atoms with E-state index in [0.29, 0.717) is 19.4 Å². The molecule has 0 spiro atoms. The lowest BCUT2D eigenvalue weighted by atomic mass is 9.74. The van der Waals surface area contributed by atoms with Crippen LogP contribution in [0.5, 0.6) is 0 Å². The fourth-order valence-electron chi connectivity index (χ4n) is 4.42. The lowest BCUT2D eigenvalue weighted by molar-refractivity contribution is -0.133. The molecule has 3 heterocycles. The smallest absolute Gasteiger partial charge is 0.322 e. The number of halogens is 1. The summed E-state index contributed by atoms with van der Waals surface area (Å²) in [5, 5.41) is 6.36. The highest BCUT2D eigenvalue weighted by molar-refractivity contribution is 6.07. The highest BCUT2D eigenvalue weighted by atomic mass is 19.1. The van der Waals surface area contributed by atoms with Crippen molar-refractivity contribution in [2.24, 2.45) is 5.92 Å². The maximum absolute atomic E-state index is 13.6. The van der Waals surface area contributed by atoms with Crippen molar-refractivity contribution in [1.82, 2.24) is 20.5 Å². The van der Waals surface area contributed by atoms with Gasteiger partial charge in [0.05, 0.1) is 0 Å². The van der Waals surface area contributed by atoms with Gasteiger partial charge in [-0.3, -0.25) is 14.7 Å². The van der Waals surface area contributed by atoms with Gasteiger partial charge in [0, 0.05) is 25.4 Å². The first kappa shape index (κ1) is 19.5. The van der Waals surface area contributed by atoms with Crippen LogP contribution < -0.4 is 10.6 Å². The quantitative estimate of drug-likeness (QED) is 0.735. The van der Waals surface area contributed by atoms with Crippen molar-refractivity contribution in [3.8, 4) is 0 Å². The Hall–Kier alpha value is -2.80. The number of urea groups is 1. The number of pyridine rings is 1. The number of nitrogens with zero attached hydrogens (tertiary/aromatic N) is 2. The van der Waals surface area contributed by atoms with Gasteiger partial charge in [-0.05, 0) is 73.7 Å². The Kier molecular flexibility index (Phi) is 5.58. The van der Waals surface area contributed by atoms with Crippen molar-refractivity contribution >= 4 is 11.9 Å². The number of carbonyl (C=O) groups is 2. The number of benzene rings is 1. The van der Waals surface area contributed by atoms with Crippen LogP contribution in [-0.2, 0) is 17.6 Å². The number of hydrogen-bond donors (Lipinski definition) is 2. The van der Waals surface area contributed by atoms with Crippen LogP contribution in [0.1, 0.15) is 24.0 Å². The van der Waals surface area contributed by atoms with Gasteiger partial charge in [0.15, 0.2) is 0 Å². The molecule has 152 valence electrons. The zero-order valence-electron chi connectivity index (χ0n) is 16.2. The summed E-state index contributed by atoms with van der Waals surface area (Å²) in [7, 11) is 0. The van der Waals surface area contributed by atoms with E-state index in [0.717, 1.165) is 37.1 Å². The van der Waals surface area contributed by atoms with Gasteiger partial charge in [-0.15, -0.1) is 0 Å². The molecule has 4 rings (SSSR count). The standard InChI is InChI=1S/C22H25FN4O2/c23-19-3-1-17(2-4-19)15-22(18-7-12-25-13-8-18)20(28)27(21(29)26-22)14-9-16-5-10-24-11-6-16/h1-6,10-11,18,25H,7-9,12-15H2,(H,26,29)/t22-/m0/s1. The van der Waals surface area contributed by atoms with Crippen molar-refractivity contribution in [2.45, 2.75) is 31.2 Å². The molecular formula is C22H25FN4O2. The van der Waals surface area contributed by atoms with E-state index >= 15 is 0 Å². The van der Waals surface area contributed by atoms with Crippen LogP contribution in [0, 0.1) is 11.7 Å². The molecule has 2 aliphatic rings. The van der Waals surface area contributed by atoms with Gasteiger partial charge in [0.2, 0.25) is 0 Å². The van der Waals surface area contributed by atoms with Crippen LogP contribution in [-0.4, -0.2) is 47.0 Å². The fourth-order valence-corrected chi connectivity index (χ4v) is 4.42. The predicted molar refractivity (Wildman–Crippen MR) is 107 cm³/mol. The third kappa shape index (κ3) is 4.00. The van der Waals surface area contributed by atoms with Crippen LogP contribution in [0.15, 0.2) is 48.8 Å². The molecule has 3 amide bonds. The number of nitrogens with one attached hydrogen (secondary N) is 2. The van der Waals surface area contributed by atoms with Gasteiger partial charge < -0.3 is 10.6 Å². The number of rotatable bonds is 6. The lowest BCUT2D eigenvalue weighted by Gasteiger charge is -2.38. The summed E-state index contributed by atoms with van der Waals surface area (Å²) in [6.45, 7) is 1.96. The Morgan fingerprint density at radius 2 is 1.72 bits per heavy atom. The van der Waals surface area contributed by atoms with Crippen molar-refractivity contribution in [3.63, 3.8) is 0 Å². The van der Waals surface area contributed by atoms with E-state index in [1.807, 2.05) is 12.1 Å². The summed E-state index contributed by atoms with van der Waals surface area (Å²) in [4.78, 5) is 31.7. The molecule has 2 saturated heterocycles. The second-order valence-electron chi connectivity index (χ2n) is 7.79. The highest BCUT2D eigenvalue weighted by Gasteiger charge is 2.55. The van der Waals surface area contributed by atoms with Crippen LogP contribution in [0.25, 0.3) is 0 Å². The normalized spacial score (nSPS) is 22.7. The monoisotopic (exact) mass is 396 g/mol. The Morgan fingerprint density at radius 3 is 2.41 bits per heavy atom. The molecule has 2 N–H and O–H groups in total. The van der Waals surface area contributed by atoms with E-state index in [9.17, 15) is 14.0 Å². The van der Waals surface area contributed by atoms with Gasteiger partial charge in [-0.2, -0.15) is 0 Å². The van der Waals surface area contributed by atoms with Crippen molar-refractivity contribution in [3.05, 3.63) is 65.7 Å². The maximum Gasteiger partial charge on any atom is 0.325 e. The molecule has 0 bridgehead atoms. The van der Waals surface area contributed by atoms with Gasteiger partial charge in [-0.1, -0.05) is 12.1 Å². The van der Waals surface area contributed by atoms with Crippen LogP contribution in [0.2, 0.25) is 0 Å². The molecule has 1 aromatic carbocycles. The minimum atomic E-state index is -0.977. The summed E-state index contributed by atoms with van der Waals surface area (Å²) in [6.07, 6.45) is 5.98. The molecule has 2 aliphatic heterocycles. The lowest BCUT2D eigenvalue weighted by Crippen LogP contribution is -2.57. The molecule has 1 aromatic heterocycles. The van der Waals surface area contributed by atoms with E-state index in [2.05, 4.69) is 15.6 Å². The van der Waals surface area contributed by atoms with E-state index in [-0.39, 0.29) is 23.7 Å². The second-order valence-corrected chi connectivity index (χ2v) is 7.79. The van der Waals surface area contributed by atoms with Gasteiger partial charge in [-0.25, -0.2) is 9.18 Å². The molecule has 2 fully saturated rings. The molecule has 0 aliphatic carbocycles. The average molecular weight is 396 g/mol. The minimum Gasteiger partial charge on any atom is -0.322 e. The molecule has 6 nitrogen and oxygen atoms in total. The van der Waals surface area contributed by atoms with E-state index < -0.39 is 5.54 Å². The van der Waals surface area contributed by atoms with Crippen molar-refractivity contribution in [1.29, 1.82) is 0 Å². The Labute approximate surface area is 169 Å². The summed E-state index contributed by atoms with van der Waals surface area (Å²) in [6, 6.07) is 9.61. The second kappa shape index (κ2) is 8.29. The third-order valence-electron chi connectivity index (χ3n) is 6.01. The number of aromatic nitrogens is 1. The number of piperidine rings is 1. The zero-order chi connectivity index (χ0) is 20.3. The molecule has 2 aromatic rings. The maximum atomic E-state index is 13.6. The molecule has 0 radical (unpaired) electrons. The number of carbonyl (C=O) groups excluding carboxylic acids is 2. The van der Waals surface area contributed by atoms with Crippen LogP contribution >= 0.6 is 0 Å². The van der Waals surface area contributed by atoms with Gasteiger partial charge in [0.25, 0.3) is 5.91 Å². The highest BCUT2D eigenvalue weighted by Crippen LogP contribution is 2.35. The van der Waals surface area contributed by atoms with Crippen molar-refractivity contribution < 1.29 is 14.0 Å². The Bertz CT molecular complexity index is 868. The van der Waals surface area contributed by atoms with E-state index in [4.69, 9.17) is 0 Å². The summed E-state index contributed by atoms with van der Waals surface area (Å²) in [5.74, 6) is -0.450. The molecule has 7 heteroatoms. The summed E-state index contributed by atoms with van der Waals surface area (Å²) in [5.41, 5.74) is 0.892. The summed E-state index contributed by atoms with van der Waals surface area (Å²) < 4.78 is 13.4. The van der Waals surface area contributed by atoms with Crippen LogP contribution in [0.4, 0.5) is 9.18 Å². The summed E-state index contributed by atoms with van der Waals surface area (Å²) >= 11 is 0. The fraction of sp³-hybridized carbons (Fsp3) is 0.409. The molecular weight excluding hydrogens is 371 g/mol. The minimum absolute atomic E-state index is 0.0381. The van der Waals surface area contributed by atoms with Gasteiger partial charge in [0.1, 0.15) is 11.4 Å². The zero-order valence-corrected chi connectivity index (χ0v) is 16.2. The Morgan fingerprint density at radius 1 is 1.03 bits per heavy atom. The number of amides is 3. The number of hydrogen-bond acceptors (Lipinski definition) is 4. The molecule has 0 unspecified atom stereocenters. The largest absolute Gasteiger partial charge is 0.325 e. The Balaban J connectivity index is 1.58. The number of imide groups is 1. The van der Waals surface area contributed by atoms with Gasteiger partial charge >= 0.3 is 6.03 Å². The molecule has 29 heavy (non-hydrogen) atoms. The topological polar surface area (TPSA) is 74.3 Å². The average Bonchev–Trinajstić information content (AvgIpc) is 2.99. The van der Waals surface area contributed by atoms with Crippen molar-refractivity contribution in [2.75, 3.05) is 19.6 Å². The molecule has 1 atom stereocenters. The molecule has 0 saturated carbocycles. The first-order chi connectivity index (χ1) is 14.1. The first-order valence-electron chi connectivity index (χ1n) is 10.1. The first-order valence-corrected chi connectivity index (χ1v) is 10.1.